The van der Waals surface area contributed by atoms with Gasteiger partial charge in [0, 0.05) is 0 Å². The molecule has 1 spiro atoms. The van der Waals surface area contributed by atoms with E-state index in [-0.39, 0.29) is 0 Å². The quantitative estimate of drug-likeness (QED) is 0.796. The van der Waals surface area contributed by atoms with Gasteiger partial charge in [-0.1, -0.05) is 19.3 Å². The lowest BCUT2D eigenvalue weighted by atomic mass is 9.82. The third-order valence-corrected chi connectivity index (χ3v) is 4.76. The normalized spacial score (nSPS) is 19.6. The van der Waals surface area contributed by atoms with Crippen LogP contribution in [0.5, 0.6) is 5.75 Å². The van der Waals surface area contributed by atoms with Crippen LogP contribution in [0.2, 0.25) is 0 Å². The van der Waals surface area contributed by atoms with Crippen LogP contribution in [0, 0.1) is 11.3 Å². The second kappa shape index (κ2) is 7.04. The lowest BCUT2D eigenvalue weighted by Crippen LogP contribution is -2.53. The topological polar surface area (TPSA) is 112 Å². The van der Waals surface area contributed by atoms with E-state index in [2.05, 4.69) is 10.7 Å². The highest BCUT2D eigenvalue weighted by molar-refractivity contribution is 6.08. The van der Waals surface area contributed by atoms with E-state index in [1.54, 1.807) is 24.3 Å². The molecule has 26 heavy (non-hydrogen) atoms. The van der Waals surface area contributed by atoms with Gasteiger partial charge in [0.05, 0.1) is 11.6 Å². The highest BCUT2D eigenvalue weighted by Gasteiger charge is 2.52. The maximum absolute atomic E-state index is 12.6. The number of hydrogen-bond acceptors (Lipinski definition) is 5. The van der Waals surface area contributed by atoms with Crippen LogP contribution in [-0.2, 0) is 9.59 Å². The Labute approximate surface area is 151 Å². The van der Waals surface area contributed by atoms with Gasteiger partial charge in [0.2, 0.25) is 0 Å². The van der Waals surface area contributed by atoms with Crippen molar-refractivity contribution in [3.8, 4) is 11.8 Å². The molecular weight excluding hydrogens is 336 g/mol. The van der Waals surface area contributed by atoms with E-state index < -0.39 is 29.5 Å². The number of nitriles is 1. The molecule has 0 bridgehead atoms. The van der Waals surface area contributed by atoms with Gasteiger partial charge in [-0.15, -0.1) is 0 Å². The number of carbonyl (C=O) groups is 3. The first kappa shape index (κ1) is 17.7. The van der Waals surface area contributed by atoms with Crippen LogP contribution in [0.15, 0.2) is 24.3 Å². The summed E-state index contributed by atoms with van der Waals surface area (Å²) in [6.45, 7) is 1.52. The number of urea groups is 1. The predicted molar refractivity (Wildman–Crippen MR) is 90.6 cm³/mol. The number of nitrogens with one attached hydrogen (secondary N) is 2. The van der Waals surface area contributed by atoms with Crippen molar-refractivity contribution in [2.75, 3.05) is 0 Å². The summed E-state index contributed by atoms with van der Waals surface area (Å²) in [7, 11) is 0. The Morgan fingerprint density at radius 2 is 1.92 bits per heavy atom. The molecule has 136 valence electrons. The smallest absolute Gasteiger partial charge is 0.344 e. The van der Waals surface area contributed by atoms with Crippen molar-refractivity contribution >= 4 is 17.8 Å². The van der Waals surface area contributed by atoms with Crippen LogP contribution in [0.4, 0.5) is 4.79 Å². The lowest BCUT2D eigenvalue weighted by molar-refractivity contribution is -0.142. The Bertz CT molecular complexity index is 762. The molecule has 1 aromatic rings. The summed E-state index contributed by atoms with van der Waals surface area (Å²) < 4.78 is 5.50. The molecule has 0 unspecified atom stereocenters. The van der Waals surface area contributed by atoms with Crippen molar-refractivity contribution in [2.45, 2.75) is 50.7 Å². The predicted octanol–water partition coefficient (Wildman–Crippen LogP) is 1.61. The summed E-state index contributed by atoms with van der Waals surface area (Å²) >= 11 is 0. The number of ether oxygens (including phenoxy) is 1. The van der Waals surface area contributed by atoms with Crippen molar-refractivity contribution in [3.63, 3.8) is 0 Å². The molecule has 1 aliphatic carbocycles. The van der Waals surface area contributed by atoms with Crippen LogP contribution in [0.3, 0.4) is 0 Å². The first-order valence-corrected chi connectivity index (χ1v) is 8.59. The van der Waals surface area contributed by atoms with E-state index in [9.17, 15) is 14.4 Å². The maximum atomic E-state index is 12.6. The number of carbonyl (C=O) groups excluding carboxylic acids is 3. The first-order chi connectivity index (χ1) is 12.4. The number of imide groups is 1. The molecule has 1 aromatic carbocycles. The summed E-state index contributed by atoms with van der Waals surface area (Å²) in [5.41, 5.74) is 1.94. The molecule has 1 heterocycles. The van der Waals surface area contributed by atoms with Crippen LogP contribution in [0.25, 0.3) is 0 Å². The van der Waals surface area contributed by atoms with Crippen LogP contribution in [0.1, 0.15) is 44.6 Å². The summed E-state index contributed by atoms with van der Waals surface area (Å²) in [6.07, 6.45) is 3.01. The molecule has 1 saturated carbocycles. The fourth-order valence-electron chi connectivity index (χ4n) is 3.28. The molecule has 1 atom stereocenters. The van der Waals surface area contributed by atoms with Gasteiger partial charge in [0.25, 0.3) is 11.8 Å². The molecule has 3 rings (SSSR count). The Kier molecular flexibility index (Phi) is 4.80. The third kappa shape index (κ3) is 3.33. The van der Waals surface area contributed by atoms with Gasteiger partial charge >= 0.3 is 6.03 Å². The first-order valence-electron chi connectivity index (χ1n) is 8.59. The Morgan fingerprint density at radius 1 is 1.27 bits per heavy atom. The molecule has 4 amide bonds. The van der Waals surface area contributed by atoms with E-state index >= 15 is 0 Å². The zero-order valence-electron chi connectivity index (χ0n) is 14.4. The molecule has 1 saturated heterocycles. The largest absolute Gasteiger partial charge is 0.481 e. The third-order valence-electron chi connectivity index (χ3n) is 4.76. The van der Waals surface area contributed by atoms with Crippen molar-refractivity contribution in [1.82, 2.24) is 15.8 Å². The highest BCUT2D eigenvalue weighted by Crippen LogP contribution is 2.33. The van der Waals surface area contributed by atoms with Crippen LogP contribution in [-0.4, -0.2) is 34.5 Å². The van der Waals surface area contributed by atoms with Crippen molar-refractivity contribution in [2.24, 2.45) is 0 Å². The maximum Gasteiger partial charge on any atom is 0.344 e. The van der Waals surface area contributed by atoms with Crippen molar-refractivity contribution in [1.29, 1.82) is 5.26 Å². The number of rotatable bonds is 4. The Hall–Kier alpha value is -3.08. The molecule has 0 radical (unpaired) electrons. The molecule has 0 aromatic heterocycles. The van der Waals surface area contributed by atoms with Gasteiger partial charge in [0.1, 0.15) is 11.3 Å². The molecule has 2 aliphatic rings. The number of amides is 4. The van der Waals surface area contributed by atoms with Crippen LogP contribution < -0.4 is 15.5 Å². The van der Waals surface area contributed by atoms with E-state index in [1.807, 2.05) is 6.07 Å². The highest BCUT2D eigenvalue weighted by atomic mass is 16.5. The molecule has 1 aliphatic heterocycles. The zero-order chi connectivity index (χ0) is 18.7. The monoisotopic (exact) mass is 356 g/mol. The minimum absolute atomic E-state index is 0.410. The van der Waals surface area contributed by atoms with Gasteiger partial charge in [-0.25, -0.2) is 4.79 Å². The molecular formula is C18H20N4O4. The summed E-state index contributed by atoms with van der Waals surface area (Å²) in [6, 6.07) is 7.68. The van der Waals surface area contributed by atoms with E-state index in [0.29, 0.717) is 24.2 Å². The van der Waals surface area contributed by atoms with E-state index in [1.165, 1.54) is 6.92 Å². The SMILES string of the molecule is C[C@@H](Oc1ccc(C#N)cc1)C(=O)NN1C(=O)NC2(CCCCC2)C1=O. The second-order valence-corrected chi connectivity index (χ2v) is 6.59. The van der Waals surface area contributed by atoms with Crippen molar-refractivity contribution < 1.29 is 19.1 Å². The zero-order valence-corrected chi connectivity index (χ0v) is 14.4. The van der Waals surface area contributed by atoms with Gasteiger partial charge in [-0.05, 0) is 44.0 Å². The molecule has 8 heteroatoms. The number of benzene rings is 1. The van der Waals surface area contributed by atoms with Gasteiger partial charge in [-0.2, -0.15) is 10.3 Å². The van der Waals surface area contributed by atoms with E-state index in [4.69, 9.17) is 10.00 Å². The summed E-state index contributed by atoms with van der Waals surface area (Å²) in [4.78, 5) is 37.1. The van der Waals surface area contributed by atoms with Gasteiger partial charge in [0.15, 0.2) is 6.10 Å². The minimum Gasteiger partial charge on any atom is -0.481 e. The standard InChI is InChI=1S/C18H20N4O4/c1-12(26-14-7-5-13(11-19)6-8-14)15(23)21-22-16(24)18(20-17(22)25)9-3-2-4-10-18/h5-8,12H,2-4,9-10H2,1H3,(H,20,25)(H,21,23)/t12-/m1/s1. The number of hydrogen-bond donors (Lipinski definition) is 2. The fraction of sp³-hybridized carbons (Fsp3) is 0.444. The minimum atomic E-state index is -0.925. The average molecular weight is 356 g/mol. The Balaban J connectivity index is 1.62. The fourth-order valence-corrected chi connectivity index (χ4v) is 3.28. The molecule has 8 nitrogen and oxygen atoms in total. The van der Waals surface area contributed by atoms with E-state index in [0.717, 1.165) is 24.3 Å². The molecule has 2 N–H and O–H groups in total. The number of hydrazine groups is 1. The lowest BCUT2D eigenvalue weighted by Gasteiger charge is -2.30. The van der Waals surface area contributed by atoms with Gasteiger partial charge in [-0.3, -0.25) is 15.0 Å². The Morgan fingerprint density at radius 3 is 2.54 bits per heavy atom. The average Bonchev–Trinajstić information content (AvgIpc) is 2.87. The number of nitrogens with zero attached hydrogens (tertiary/aromatic N) is 2. The van der Waals surface area contributed by atoms with Crippen molar-refractivity contribution in [3.05, 3.63) is 29.8 Å². The molecule has 2 fully saturated rings. The summed E-state index contributed by atoms with van der Waals surface area (Å²) in [5.74, 6) is -0.612. The van der Waals surface area contributed by atoms with Crippen LogP contribution >= 0.6 is 0 Å². The second-order valence-electron chi connectivity index (χ2n) is 6.59. The summed E-state index contributed by atoms with van der Waals surface area (Å²) in [5, 5.41) is 12.3. The van der Waals surface area contributed by atoms with Gasteiger partial charge < -0.3 is 10.1 Å².